The van der Waals surface area contributed by atoms with Crippen LogP contribution < -0.4 is 0 Å². The van der Waals surface area contributed by atoms with Gasteiger partial charge in [0.1, 0.15) is 0 Å². The molecule has 0 heterocycles. The Morgan fingerprint density at radius 3 is 2.56 bits per heavy atom. The number of rotatable bonds is 1. The van der Waals surface area contributed by atoms with Gasteiger partial charge in [-0.25, -0.2) is 0 Å². The number of allylic oxidation sites excluding steroid dienone is 1. The molecule has 4 aliphatic rings. The second-order valence-electron chi connectivity index (χ2n) is 10.5. The minimum Gasteiger partial charge on any atom is -0.294 e. The first-order valence-electron chi connectivity index (χ1n) is 11.3. The van der Waals surface area contributed by atoms with Crippen LogP contribution >= 0.6 is 0 Å². The molecule has 0 unspecified atom stereocenters. The summed E-state index contributed by atoms with van der Waals surface area (Å²) in [6.07, 6.45) is 14.2. The van der Waals surface area contributed by atoms with Gasteiger partial charge in [-0.3, -0.25) is 4.79 Å². The molecular weight excluding hydrogens is 328 g/mol. The summed E-state index contributed by atoms with van der Waals surface area (Å²) in [4.78, 5) is 13.4. The number of fused-ring (bicyclic) bond motifs is 5. The molecule has 1 aromatic rings. The molecule has 0 saturated heterocycles. The Bertz CT molecular complexity index is 762. The number of ketones is 1. The first-order chi connectivity index (χ1) is 13.0. The SMILES string of the molecule is C[C@]12CCCC[C@H]1CC[C@@H]1[C@H]2CC[C@]2(C)C(=O)/C(=C\c3ccccc3)C[C@H]12. The van der Waals surface area contributed by atoms with Gasteiger partial charge in [-0.2, -0.15) is 0 Å². The third kappa shape index (κ3) is 2.60. The van der Waals surface area contributed by atoms with Gasteiger partial charge in [0.15, 0.2) is 5.78 Å². The van der Waals surface area contributed by atoms with Crippen molar-refractivity contribution >= 4 is 11.9 Å². The van der Waals surface area contributed by atoms with E-state index < -0.39 is 0 Å². The van der Waals surface area contributed by atoms with Crippen LogP contribution in [0.3, 0.4) is 0 Å². The van der Waals surface area contributed by atoms with Gasteiger partial charge < -0.3 is 0 Å². The van der Waals surface area contributed by atoms with Crippen LogP contribution in [-0.4, -0.2) is 5.78 Å². The molecule has 0 bridgehead atoms. The van der Waals surface area contributed by atoms with Crippen LogP contribution in [0.4, 0.5) is 0 Å². The fraction of sp³-hybridized carbons (Fsp3) is 0.654. The van der Waals surface area contributed by atoms with E-state index in [1.807, 2.05) is 6.07 Å². The standard InChI is InChI=1S/C26H34O/c1-25-14-7-6-10-20(25)11-12-21-22(25)13-15-26(2)23(21)17-19(24(26)27)16-18-8-4-3-5-9-18/h3-5,8-9,16,20-23H,6-7,10-15,17H2,1-2H3/b19-16-/t20-,21+,22+,23+,25-,26-/m0/s1. The van der Waals surface area contributed by atoms with Crippen molar-refractivity contribution in [1.82, 2.24) is 0 Å². The Labute approximate surface area is 164 Å². The molecule has 4 saturated carbocycles. The van der Waals surface area contributed by atoms with Crippen LogP contribution in [0.15, 0.2) is 35.9 Å². The third-order valence-corrected chi connectivity index (χ3v) is 9.36. The van der Waals surface area contributed by atoms with Gasteiger partial charge in [-0.05, 0) is 91.2 Å². The number of carbonyl (C=O) groups is 1. The maximum absolute atomic E-state index is 13.4. The maximum Gasteiger partial charge on any atom is 0.165 e. The van der Waals surface area contributed by atoms with Crippen molar-refractivity contribution in [3.05, 3.63) is 41.5 Å². The van der Waals surface area contributed by atoms with Crippen LogP contribution in [-0.2, 0) is 4.79 Å². The number of hydrogen-bond acceptors (Lipinski definition) is 1. The van der Waals surface area contributed by atoms with Crippen molar-refractivity contribution in [3.63, 3.8) is 0 Å². The Kier molecular flexibility index (Phi) is 4.15. The molecule has 0 N–H and O–H groups in total. The smallest absolute Gasteiger partial charge is 0.165 e. The van der Waals surface area contributed by atoms with E-state index in [9.17, 15) is 4.79 Å². The maximum atomic E-state index is 13.4. The Balaban J connectivity index is 1.47. The lowest BCUT2D eigenvalue weighted by Crippen LogP contribution is -2.52. The molecule has 27 heavy (non-hydrogen) atoms. The molecule has 5 rings (SSSR count). The van der Waals surface area contributed by atoms with Crippen molar-refractivity contribution in [2.75, 3.05) is 0 Å². The molecule has 4 fully saturated rings. The summed E-state index contributed by atoms with van der Waals surface area (Å²) in [6, 6.07) is 10.4. The molecule has 4 aliphatic carbocycles. The highest BCUT2D eigenvalue weighted by Crippen LogP contribution is 2.66. The number of carbonyl (C=O) groups excluding carboxylic acids is 1. The second-order valence-corrected chi connectivity index (χ2v) is 10.5. The summed E-state index contributed by atoms with van der Waals surface area (Å²) in [6.45, 7) is 4.92. The highest BCUT2D eigenvalue weighted by atomic mass is 16.1. The van der Waals surface area contributed by atoms with Gasteiger partial charge in [0, 0.05) is 5.41 Å². The lowest BCUT2D eigenvalue weighted by atomic mass is 9.45. The van der Waals surface area contributed by atoms with Gasteiger partial charge in [0.25, 0.3) is 0 Å². The molecule has 6 atom stereocenters. The summed E-state index contributed by atoms with van der Waals surface area (Å²) >= 11 is 0. The lowest BCUT2D eigenvalue weighted by Gasteiger charge is -2.59. The van der Waals surface area contributed by atoms with Crippen molar-refractivity contribution in [2.24, 2.45) is 34.5 Å². The zero-order chi connectivity index (χ0) is 18.6. The molecule has 1 nitrogen and oxygen atoms in total. The molecule has 0 aliphatic heterocycles. The monoisotopic (exact) mass is 362 g/mol. The van der Waals surface area contributed by atoms with E-state index in [4.69, 9.17) is 0 Å². The Hall–Kier alpha value is -1.37. The molecule has 1 aromatic carbocycles. The van der Waals surface area contributed by atoms with Crippen LogP contribution in [0.1, 0.15) is 77.2 Å². The molecule has 0 radical (unpaired) electrons. The average molecular weight is 363 g/mol. The molecular formula is C26H34O. The van der Waals surface area contributed by atoms with Crippen molar-refractivity contribution in [2.45, 2.75) is 71.6 Å². The summed E-state index contributed by atoms with van der Waals surface area (Å²) in [5.41, 5.74) is 2.74. The van der Waals surface area contributed by atoms with E-state index >= 15 is 0 Å². The van der Waals surface area contributed by atoms with Gasteiger partial charge in [-0.1, -0.05) is 57.0 Å². The highest BCUT2D eigenvalue weighted by Gasteiger charge is 2.60. The summed E-state index contributed by atoms with van der Waals surface area (Å²) in [7, 11) is 0. The molecule has 144 valence electrons. The molecule has 0 spiro atoms. The molecule has 0 aromatic heterocycles. The van der Waals surface area contributed by atoms with Gasteiger partial charge in [-0.15, -0.1) is 0 Å². The minimum atomic E-state index is -0.0976. The van der Waals surface area contributed by atoms with Crippen molar-refractivity contribution in [1.29, 1.82) is 0 Å². The summed E-state index contributed by atoms with van der Waals surface area (Å²) in [5.74, 6) is 3.63. The van der Waals surface area contributed by atoms with Crippen LogP contribution in [0.25, 0.3) is 6.08 Å². The van der Waals surface area contributed by atoms with E-state index in [1.165, 1.54) is 50.5 Å². The van der Waals surface area contributed by atoms with Crippen LogP contribution in [0.5, 0.6) is 0 Å². The summed E-state index contributed by atoms with van der Waals surface area (Å²) in [5, 5.41) is 0. The second kappa shape index (κ2) is 6.33. The third-order valence-electron chi connectivity index (χ3n) is 9.36. The van der Waals surface area contributed by atoms with Gasteiger partial charge in [0.05, 0.1) is 0 Å². The number of Topliss-reactive ketones (excluding diaryl/α,β-unsaturated/α-hetero) is 1. The highest BCUT2D eigenvalue weighted by molar-refractivity contribution is 6.05. The predicted octanol–water partition coefficient (Wildman–Crippen LogP) is 6.68. The first kappa shape index (κ1) is 17.7. The number of benzene rings is 1. The largest absolute Gasteiger partial charge is 0.294 e. The zero-order valence-electron chi connectivity index (χ0n) is 17.0. The Morgan fingerprint density at radius 2 is 1.74 bits per heavy atom. The van der Waals surface area contributed by atoms with E-state index in [1.54, 1.807) is 0 Å². The topological polar surface area (TPSA) is 17.1 Å². The fourth-order valence-electron chi connectivity index (χ4n) is 7.85. The van der Waals surface area contributed by atoms with Crippen molar-refractivity contribution < 1.29 is 4.79 Å². The quantitative estimate of drug-likeness (QED) is 0.509. The summed E-state index contributed by atoms with van der Waals surface area (Å²) < 4.78 is 0. The average Bonchev–Trinajstić information content (AvgIpc) is 2.93. The number of hydrogen-bond donors (Lipinski definition) is 0. The van der Waals surface area contributed by atoms with Crippen LogP contribution in [0.2, 0.25) is 0 Å². The minimum absolute atomic E-state index is 0.0976. The van der Waals surface area contributed by atoms with Gasteiger partial charge in [0.2, 0.25) is 0 Å². The van der Waals surface area contributed by atoms with Crippen LogP contribution in [0, 0.1) is 34.5 Å². The first-order valence-corrected chi connectivity index (χ1v) is 11.3. The fourth-order valence-corrected chi connectivity index (χ4v) is 7.85. The van der Waals surface area contributed by atoms with E-state index in [-0.39, 0.29) is 5.41 Å². The lowest BCUT2D eigenvalue weighted by molar-refractivity contribution is -0.137. The van der Waals surface area contributed by atoms with Crippen molar-refractivity contribution in [3.8, 4) is 0 Å². The van der Waals surface area contributed by atoms with E-state index in [0.717, 1.165) is 36.2 Å². The molecule has 0 amide bonds. The van der Waals surface area contributed by atoms with E-state index in [2.05, 4.69) is 44.2 Å². The normalized spacial score (nSPS) is 45.3. The molecule has 1 heteroatoms. The van der Waals surface area contributed by atoms with Gasteiger partial charge >= 0.3 is 0 Å². The zero-order valence-corrected chi connectivity index (χ0v) is 17.0. The van der Waals surface area contributed by atoms with E-state index in [0.29, 0.717) is 17.1 Å². The Morgan fingerprint density at radius 1 is 0.926 bits per heavy atom. The predicted molar refractivity (Wildman–Crippen MR) is 111 cm³/mol.